The smallest absolute Gasteiger partial charge is 0.308 e. The Balaban J connectivity index is 1.65. The van der Waals surface area contributed by atoms with Gasteiger partial charge >= 0.3 is 6.03 Å². The number of halogens is 1. The number of carbonyl (C=O) groups excluding carboxylic acids is 1. The molecule has 1 aliphatic rings. The highest BCUT2D eigenvalue weighted by molar-refractivity contribution is 5.99. The van der Waals surface area contributed by atoms with Crippen molar-refractivity contribution in [3.8, 4) is 0 Å². The van der Waals surface area contributed by atoms with Gasteiger partial charge in [-0.05, 0) is 62.2 Å². The Morgan fingerprint density at radius 3 is 2.88 bits per heavy atom. The molecular formula is C19H23FN4O. The second-order valence-corrected chi connectivity index (χ2v) is 6.48. The summed E-state index contributed by atoms with van der Waals surface area (Å²) in [6, 6.07) is 8.24. The number of hydrogen-bond donors (Lipinski definition) is 2. The van der Waals surface area contributed by atoms with Gasteiger partial charge < -0.3 is 10.6 Å². The predicted molar refractivity (Wildman–Crippen MR) is 97.0 cm³/mol. The first kappa shape index (κ1) is 17.4. The molecule has 0 saturated carbocycles. The number of amides is 2. The van der Waals surface area contributed by atoms with E-state index in [0.717, 1.165) is 12.1 Å². The monoisotopic (exact) mass is 342 g/mol. The lowest BCUT2D eigenvalue weighted by Crippen LogP contribution is -2.36. The molecule has 1 unspecified atom stereocenters. The maximum atomic E-state index is 14.0. The molecule has 5 nitrogen and oxygen atoms in total. The number of likely N-dealkylation sites (tertiary alicyclic amines) is 1. The minimum absolute atomic E-state index is 0.348. The number of nitrogens with one attached hydrogen (secondary N) is 2. The van der Waals surface area contributed by atoms with Gasteiger partial charge in [0.05, 0.1) is 11.9 Å². The van der Waals surface area contributed by atoms with E-state index in [4.69, 9.17) is 0 Å². The number of urea groups is 1. The lowest BCUT2D eigenvalue weighted by Gasteiger charge is -2.33. The largest absolute Gasteiger partial charge is 0.323 e. The SMILES string of the molecule is CC1CCCCN1Cc1cc(F)cc(NC(=O)Nc2cccnc2)c1. The zero-order valence-electron chi connectivity index (χ0n) is 14.3. The molecule has 1 atom stereocenters. The summed E-state index contributed by atoms with van der Waals surface area (Å²) in [5.74, 6) is -0.348. The quantitative estimate of drug-likeness (QED) is 0.874. The van der Waals surface area contributed by atoms with Crippen LogP contribution in [0.5, 0.6) is 0 Å². The minimum atomic E-state index is -0.420. The van der Waals surface area contributed by atoms with Crippen LogP contribution in [0.2, 0.25) is 0 Å². The van der Waals surface area contributed by atoms with Gasteiger partial charge in [-0.3, -0.25) is 9.88 Å². The molecule has 3 rings (SSSR count). The molecule has 0 radical (unpaired) electrons. The van der Waals surface area contributed by atoms with E-state index in [1.807, 2.05) is 6.07 Å². The molecule has 6 heteroatoms. The fourth-order valence-electron chi connectivity index (χ4n) is 3.17. The van der Waals surface area contributed by atoms with Crippen molar-refractivity contribution >= 4 is 17.4 Å². The number of anilines is 2. The zero-order valence-corrected chi connectivity index (χ0v) is 14.3. The first-order chi connectivity index (χ1) is 12.1. The fourth-order valence-corrected chi connectivity index (χ4v) is 3.17. The molecule has 0 bridgehead atoms. The topological polar surface area (TPSA) is 57.3 Å². The second kappa shape index (κ2) is 8.07. The van der Waals surface area contributed by atoms with E-state index >= 15 is 0 Å². The number of piperidine rings is 1. The van der Waals surface area contributed by atoms with Crippen LogP contribution in [-0.2, 0) is 6.54 Å². The minimum Gasteiger partial charge on any atom is -0.308 e. The second-order valence-electron chi connectivity index (χ2n) is 6.48. The van der Waals surface area contributed by atoms with Gasteiger partial charge in [-0.1, -0.05) is 6.42 Å². The zero-order chi connectivity index (χ0) is 17.6. The summed E-state index contributed by atoms with van der Waals surface area (Å²) in [7, 11) is 0. The van der Waals surface area contributed by atoms with Crippen LogP contribution in [-0.4, -0.2) is 28.5 Å². The first-order valence-electron chi connectivity index (χ1n) is 8.62. The van der Waals surface area contributed by atoms with E-state index in [2.05, 4.69) is 27.4 Å². The van der Waals surface area contributed by atoms with E-state index < -0.39 is 6.03 Å². The van der Waals surface area contributed by atoms with Gasteiger partial charge in [0.25, 0.3) is 0 Å². The highest BCUT2D eigenvalue weighted by atomic mass is 19.1. The number of rotatable bonds is 4. The summed E-state index contributed by atoms with van der Waals surface area (Å²) in [5.41, 5.74) is 1.89. The van der Waals surface area contributed by atoms with Crippen LogP contribution in [0.25, 0.3) is 0 Å². The maximum absolute atomic E-state index is 14.0. The maximum Gasteiger partial charge on any atom is 0.323 e. The normalized spacial score (nSPS) is 17.9. The molecule has 2 amide bonds. The molecule has 1 aromatic heterocycles. The van der Waals surface area contributed by atoms with Gasteiger partial charge in [0, 0.05) is 24.5 Å². The van der Waals surface area contributed by atoms with Crippen molar-refractivity contribution in [1.29, 1.82) is 0 Å². The van der Waals surface area contributed by atoms with Crippen molar-refractivity contribution in [3.63, 3.8) is 0 Å². The summed E-state index contributed by atoms with van der Waals surface area (Å²) in [6.07, 6.45) is 6.78. The van der Waals surface area contributed by atoms with Crippen LogP contribution < -0.4 is 10.6 Å². The summed E-state index contributed by atoms with van der Waals surface area (Å²) < 4.78 is 14.0. The Labute approximate surface area is 147 Å². The molecule has 1 saturated heterocycles. The van der Waals surface area contributed by atoms with Crippen molar-refractivity contribution in [2.45, 2.75) is 38.8 Å². The van der Waals surface area contributed by atoms with Crippen molar-refractivity contribution in [2.75, 3.05) is 17.2 Å². The molecule has 1 fully saturated rings. The molecule has 1 aromatic carbocycles. The molecule has 2 N–H and O–H groups in total. The number of hydrogen-bond acceptors (Lipinski definition) is 3. The number of pyridine rings is 1. The molecule has 2 heterocycles. The predicted octanol–water partition coefficient (Wildman–Crippen LogP) is 4.24. The Kier molecular flexibility index (Phi) is 5.60. The van der Waals surface area contributed by atoms with E-state index in [0.29, 0.717) is 24.0 Å². The lowest BCUT2D eigenvalue weighted by atomic mass is 10.0. The van der Waals surface area contributed by atoms with Gasteiger partial charge in [-0.25, -0.2) is 9.18 Å². The van der Waals surface area contributed by atoms with Crippen molar-refractivity contribution in [1.82, 2.24) is 9.88 Å². The van der Waals surface area contributed by atoms with Crippen LogP contribution in [0, 0.1) is 5.82 Å². The average Bonchev–Trinajstić information content (AvgIpc) is 2.57. The summed E-state index contributed by atoms with van der Waals surface area (Å²) >= 11 is 0. The first-order valence-corrected chi connectivity index (χ1v) is 8.62. The third-order valence-corrected chi connectivity index (χ3v) is 4.46. The van der Waals surface area contributed by atoms with Crippen LogP contribution in [0.3, 0.4) is 0 Å². The molecule has 0 aliphatic carbocycles. The van der Waals surface area contributed by atoms with E-state index in [1.54, 1.807) is 24.5 Å². The van der Waals surface area contributed by atoms with E-state index in [-0.39, 0.29) is 5.82 Å². The average molecular weight is 342 g/mol. The van der Waals surface area contributed by atoms with Gasteiger partial charge in [0.15, 0.2) is 0 Å². The Morgan fingerprint density at radius 2 is 2.12 bits per heavy atom. The van der Waals surface area contributed by atoms with E-state index in [1.165, 1.54) is 31.4 Å². The van der Waals surface area contributed by atoms with Crippen molar-refractivity contribution in [2.24, 2.45) is 0 Å². The summed E-state index contributed by atoms with van der Waals surface area (Å²) in [6.45, 7) is 3.93. The summed E-state index contributed by atoms with van der Waals surface area (Å²) in [5, 5.41) is 5.36. The number of nitrogens with zero attached hydrogens (tertiary/aromatic N) is 2. The van der Waals surface area contributed by atoms with Gasteiger partial charge in [0.1, 0.15) is 5.82 Å². The van der Waals surface area contributed by atoms with E-state index in [9.17, 15) is 9.18 Å². The molecule has 25 heavy (non-hydrogen) atoms. The van der Waals surface area contributed by atoms with Gasteiger partial charge in [-0.2, -0.15) is 0 Å². The number of aromatic nitrogens is 1. The van der Waals surface area contributed by atoms with Crippen LogP contribution in [0.1, 0.15) is 31.7 Å². The lowest BCUT2D eigenvalue weighted by molar-refractivity contribution is 0.152. The highest BCUT2D eigenvalue weighted by Gasteiger charge is 2.18. The Bertz CT molecular complexity index is 723. The van der Waals surface area contributed by atoms with Gasteiger partial charge in [0.2, 0.25) is 0 Å². The Morgan fingerprint density at radius 1 is 1.28 bits per heavy atom. The standard InChI is InChI=1S/C19H23FN4O/c1-14-5-2-3-8-24(14)13-15-9-16(20)11-18(10-15)23-19(25)22-17-6-4-7-21-12-17/h4,6-7,9-12,14H,2-3,5,8,13H2,1H3,(H2,22,23,25). The highest BCUT2D eigenvalue weighted by Crippen LogP contribution is 2.21. The Hall–Kier alpha value is -2.47. The van der Waals surface area contributed by atoms with Crippen LogP contribution in [0.4, 0.5) is 20.6 Å². The molecule has 1 aliphatic heterocycles. The number of benzene rings is 1. The molecule has 0 spiro atoms. The molecule has 132 valence electrons. The molecule has 2 aromatic rings. The van der Waals surface area contributed by atoms with Gasteiger partial charge in [-0.15, -0.1) is 0 Å². The fraction of sp³-hybridized carbons (Fsp3) is 0.368. The van der Waals surface area contributed by atoms with Crippen LogP contribution in [0.15, 0.2) is 42.7 Å². The number of carbonyl (C=O) groups is 1. The van der Waals surface area contributed by atoms with Crippen LogP contribution >= 0.6 is 0 Å². The third kappa shape index (κ3) is 5.00. The molecular weight excluding hydrogens is 319 g/mol. The van der Waals surface area contributed by atoms with Crippen molar-refractivity contribution < 1.29 is 9.18 Å². The van der Waals surface area contributed by atoms with Crippen molar-refractivity contribution in [3.05, 3.63) is 54.1 Å². The summed E-state index contributed by atoms with van der Waals surface area (Å²) in [4.78, 5) is 18.4. The third-order valence-electron chi connectivity index (χ3n) is 4.46.